The van der Waals surface area contributed by atoms with Gasteiger partial charge in [-0.15, -0.1) is 0 Å². The maximum atomic E-state index is 15.1. The second-order valence-corrected chi connectivity index (χ2v) is 8.19. The number of β-amino-alcohol motifs (C(OH)–C–C–N with tert-alkyl or cyclic N) is 1. The average Bonchev–Trinajstić information content (AvgIpc) is 3.23. The Labute approximate surface area is 195 Å². The number of hydrogen-bond donors (Lipinski definition) is 2. The van der Waals surface area contributed by atoms with Crippen molar-refractivity contribution in [3.63, 3.8) is 0 Å². The van der Waals surface area contributed by atoms with Crippen LogP contribution >= 0.6 is 0 Å². The standard InChI is InChI=1S/C23H26FN5O5/c1-12-9-29(17-6-14(33-4)7-18(34-5)19(17)24)23(32)27(3)20(12)15-8-16(26-21(15)25-2)22(31)28-10-13(30)11-28/h6-8,13,26,30H,2,9-11H2,1,3-5H3. The van der Waals surface area contributed by atoms with Gasteiger partial charge >= 0.3 is 6.03 Å². The number of ether oxygens (including phenoxy) is 2. The number of methoxy groups -OCH3 is 2. The van der Waals surface area contributed by atoms with E-state index in [4.69, 9.17) is 9.47 Å². The second kappa shape index (κ2) is 8.82. The van der Waals surface area contributed by atoms with Crippen molar-refractivity contribution in [2.45, 2.75) is 13.0 Å². The Morgan fingerprint density at radius 2 is 1.97 bits per heavy atom. The monoisotopic (exact) mass is 471 g/mol. The minimum absolute atomic E-state index is 0.0230. The van der Waals surface area contributed by atoms with Crippen LogP contribution in [0.15, 0.2) is 28.8 Å². The number of aliphatic hydroxyl groups excluding tert-OH is 1. The second-order valence-electron chi connectivity index (χ2n) is 8.19. The molecule has 0 atom stereocenters. The van der Waals surface area contributed by atoms with Crippen molar-refractivity contribution in [2.75, 3.05) is 45.8 Å². The van der Waals surface area contributed by atoms with Gasteiger partial charge in [-0.25, -0.2) is 14.2 Å². The first-order chi connectivity index (χ1) is 16.2. The lowest BCUT2D eigenvalue weighted by Gasteiger charge is -2.36. The predicted molar refractivity (Wildman–Crippen MR) is 125 cm³/mol. The molecule has 2 aliphatic heterocycles. The van der Waals surface area contributed by atoms with Crippen LogP contribution in [0, 0.1) is 5.82 Å². The summed E-state index contributed by atoms with van der Waals surface area (Å²) in [5.74, 6) is -0.321. The molecule has 0 aliphatic carbocycles. The van der Waals surface area contributed by atoms with Crippen LogP contribution in [0.25, 0.3) is 5.70 Å². The molecule has 180 valence electrons. The molecule has 2 N–H and O–H groups in total. The highest BCUT2D eigenvalue weighted by Gasteiger charge is 2.35. The molecule has 3 heterocycles. The summed E-state index contributed by atoms with van der Waals surface area (Å²) in [4.78, 5) is 37.2. The van der Waals surface area contributed by atoms with Crippen LogP contribution in [-0.2, 0) is 0 Å². The molecule has 2 aliphatic rings. The number of rotatable bonds is 6. The number of amides is 3. The normalized spacial score (nSPS) is 16.6. The van der Waals surface area contributed by atoms with Crippen molar-refractivity contribution in [3.8, 4) is 11.5 Å². The Morgan fingerprint density at radius 1 is 1.26 bits per heavy atom. The summed E-state index contributed by atoms with van der Waals surface area (Å²) in [6.45, 7) is 5.99. The number of aliphatic imine (C=N–C) groups is 1. The van der Waals surface area contributed by atoms with Gasteiger partial charge in [-0.2, -0.15) is 0 Å². The zero-order chi connectivity index (χ0) is 24.7. The van der Waals surface area contributed by atoms with Crippen molar-refractivity contribution in [1.29, 1.82) is 0 Å². The number of anilines is 1. The third kappa shape index (κ3) is 3.77. The summed E-state index contributed by atoms with van der Waals surface area (Å²) in [6.07, 6.45) is -0.524. The van der Waals surface area contributed by atoms with Gasteiger partial charge in [-0.3, -0.25) is 14.6 Å². The van der Waals surface area contributed by atoms with E-state index in [-0.39, 0.29) is 42.7 Å². The molecule has 1 aromatic heterocycles. The number of carbonyl (C=O) groups excluding carboxylic acids is 2. The van der Waals surface area contributed by atoms with Gasteiger partial charge in [0.1, 0.15) is 17.3 Å². The number of aliphatic hydroxyl groups is 1. The molecule has 1 aromatic carbocycles. The first-order valence-corrected chi connectivity index (χ1v) is 10.5. The van der Waals surface area contributed by atoms with E-state index in [0.29, 0.717) is 22.8 Å². The summed E-state index contributed by atoms with van der Waals surface area (Å²) < 4.78 is 25.4. The number of halogens is 1. The van der Waals surface area contributed by atoms with Gasteiger partial charge in [0, 0.05) is 37.8 Å². The Kier molecular flexibility index (Phi) is 6.05. The van der Waals surface area contributed by atoms with Crippen LogP contribution in [0.4, 0.5) is 20.7 Å². The maximum Gasteiger partial charge on any atom is 0.329 e. The zero-order valence-electron chi connectivity index (χ0n) is 19.4. The Balaban J connectivity index is 1.73. The Hall–Kier alpha value is -3.86. The molecule has 0 spiro atoms. The van der Waals surface area contributed by atoms with Gasteiger partial charge in [0.15, 0.2) is 11.6 Å². The lowest BCUT2D eigenvalue weighted by Crippen LogP contribution is -2.53. The largest absolute Gasteiger partial charge is 0.497 e. The third-order valence-corrected chi connectivity index (χ3v) is 5.98. The molecule has 10 nitrogen and oxygen atoms in total. The predicted octanol–water partition coefficient (Wildman–Crippen LogP) is 2.62. The molecule has 0 unspecified atom stereocenters. The minimum atomic E-state index is -0.680. The first kappa shape index (κ1) is 23.3. The number of benzene rings is 1. The number of hydrogen-bond acceptors (Lipinski definition) is 6. The third-order valence-electron chi connectivity index (χ3n) is 5.98. The van der Waals surface area contributed by atoms with Crippen molar-refractivity contribution >= 4 is 35.9 Å². The summed E-state index contributed by atoms with van der Waals surface area (Å²) in [5.41, 5.74) is 2.10. The summed E-state index contributed by atoms with van der Waals surface area (Å²) >= 11 is 0. The first-order valence-electron chi connectivity index (χ1n) is 10.5. The van der Waals surface area contributed by atoms with E-state index in [9.17, 15) is 14.7 Å². The van der Waals surface area contributed by atoms with Gasteiger partial charge in [-0.05, 0) is 25.3 Å². The molecule has 0 radical (unpaired) electrons. The number of aromatic nitrogens is 1. The quantitative estimate of drug-likeness (QED) is 0.630. The fraction of sp³-hybridized carbons (Fsp3) is 0.348. The van der Waals surface area contributed by atoms with Crippen molar-refractivity contribution in [1.82, 2.24) is 14.8 Å². The average molecular weight is 471 g/mol. The molecule has 0 saturated carbocycles. The van der Waals surface area contributed by atoms with Crippen molar-refractivity contribution < 1.29 is 28.6 Å². The van der Waals surface area contributed by atoms with Crippen LogP contribution < -0.4 is 14.4 Å². The van der Waals surface area contributed by atoms with Crippen LogP contribution in [0.5, 0.6) is 11.5 Å². The van der Waals surface area contributed by atoms with E-state index in [1.54, 1.807) is 13.1 Å². The van der Waals surface area contributed by atoms with Gasteiger partial charge in [0.05, 0.1) is 38.3 Å². The molecule has 0 bridgehead atoms. The fourth-order valence-corrected chi connectivity index (χ4v) is 4.22. The molecule has 3 amide bonds. The molecular formula is C23H26FN5O5. The Morgan fingerprint density at radius 3 is 2.56 bits per heavy atom. The molecule has 1 fully saturated rings. The molecule has 11 heteroatoms. The highest BCUT2D eigenvalue weighted by Crippen LogP contribution is 2.39. The Bertz CT molecular complexity index is 1200. The fourth-order valence-electron chi connectivity index (χ4n) is 4.22. The molecular weight excluding hydrogens is 445 g/mol. The minimum Gasteiger partial charge on any atom is -0.497 e. The van der Waals surface area contributed by atoms with Gasteiger partial charge in [0.25, 0.3) is 5.91 Å². The van der Waals surface area contributed by atoms with Crippen molar-refractivity contribution in [3.05, 3.63) is 40.8 Å². The number of aromatic amines is 1. The number of urea groups is 1. The van der Waals surface area contributed by atoms with Gasteiger partial charge < -0.3 is 24.5 Å². The topological polar surface area (TPSA) is 111 Å². The maximum absolute atomic E-state index is 15.1. The smallest absolute Gasteiger partial charge is 0.329 e. The number of nitrogens with zero attached hydrogens (tertiary/aromatic N) is 4. The highest BCUT2D eigenvalue weighted by atomic mass is 19.1. The summed E-state index contributed by atoms with van der Waals surface area (Å²) in [6, 6.07) is 3.98. The number of nitrogens with one attached hydrogen (secondary N) is 1. The lowest BCUT2D eigenvalue weighted by atomic mass is 10.0. The summed E-state index contributed by atoms with van der Waals surface area (Å²) in [5, 5.41) is 9.50. The SMILES string of the molecule is C=Nc1[nH]c(C(=O)N2CC(O)C2)cc1C1=C(C)CN(c2cc(OC)cc(OC)c2F)C(=O)N1C. The van der Waals surface area contributed by atoms with Crippen molar-refractivity contribution in [2.24, 2.45) is 4.99 Å². The zero-order valence-corrected chi connectivity index (χ0v) is 19.4. The van der Waals surface area contributed by atoms with E-state index in [1.165, 1.54) is 41.1 Å². The van der Waals surface area contributed by atoms with Crippen LogP contribution in [0.2, 0.25) is 0 Å². The van der Waals surface area contributed by atoms with Gasteiger partial charge in [0.2, 0.25) is 0 Å². The molecule has 4 rings (SSSR count). The van der Waals surface area contributed by atoms with E-state index in [1.807, 2.05) is 6.92 Å². The lowest BCUT2D eigenvalue weighted by molar-refractivity contribution is 0.00555. The highest BCUT2D eigenvalue weighted by molar-refractivity contribution is 6.03. The molecule has 2 aromatic rings. The van der Waals surface area contributed by atoms with E-state index in [2.05, 4.69) is 16.7 Å². The van der Waals surface area contributed by atoms with Crippen LogP contribution in [-0.4, -0.2) is 85.6 Å². The molecule has 1 saturated heterocycles. The van der Waals surface area contributed by atoms with Gasteiger partial charge in [-0.1, -0.05) is 0 Å². The number of carbonyl (C=O) groups is 2. The van der Waals surface area contributed by atoms with Crippen LogP contribution in [0.1, 0.15) is 23.0 Å². The number of likely N-dealkylation sites (tertiary alicyclic amines) is 1. The van der Waals surface area contributed by atoms with E-state index in [0.717, 1.165) is 5.57 Å². The number of H-pyrrole nitrogens is 1. The summed E-state index contributed by atoms with van der Waals surface area (Å²) in [7, 11) is 4.35. The van der Waals surface area contributed by atoms with E-state index < -0.39 is 18.0 Å². The van der Waals surface area contributed by atoms with Crippen LogP contribution in [0.3, 0.4) is 0 Å². The van der Waals surface area contributed by atoms with E-state index >= 15 is 4.39 Å². The molecule has 34 heavy (non-hydrogen) atoms.